The molecular formula is C21H19N5O4S. The quantitative estimate of drug-likeness (QED) is 0.471. The number of rotatable bonds is 7. The first-order valence-electron chi connectivity index (χ1n) is 9.23. The third-order valence-electron chi connectivity index (χ3n) is 4.40. The lowest BCUT2D eigenvalue weighted by molar-refractivity contribution is 0.414. The number of anilines is 1. The molecule has 0 fully saturated rings. The normalized spacial score (nSPS) is 11.2. The van der Waals surface area contributed by atoms with E-state index >= 15 is 0 Å². The molecule has 0 saturated carbocycles. The summed E-state index contributed by atoms with van der Waals surface area (Å²) in [7, 11) is -2.20. The molecule has 4 aromatic rings. The van der Waals surface area contributed by atoms with Crippen molar-refractivity contribution in [3.05, 3.63) is 78.9 Å². The third kappa shape index (κ3) is 4.64. The summed E-state index contributed by atoms with van der Waals surface area (Å²) in [5, 5.41) is 8.20. The van der Waals surface area contributed by atoms with Gasteiger partial charge in [0.2, 0.25) is 5.88 Å². The summed E-state index contributed by atoms with van der Waals surface area (Å²) in [6.07, 6.45) is 3.48. The summed E-state index contributed by atoms with van der Waals surface area (Å²) in [6.45, 7) is 1.87. The average Bonchev–Trinajstić information content (AvgIpc) is 3.21. The first-order chi connectivity index (χ1) is 14.9. The number of benzene rings is 2. The molecule has 0 radical (unpaired) electrons. The molecule has 9 nitrogen and oxygen atoms in total. The van der Waals surface area contributed by atoms with Gasteiger partial charge in [-0.25, -0.2) is 13.4 Å². The maximum atomic E-state index is 12.5. The topological polar surface area (TPSA) is 108 Å². The highest BCUT2D eigenvalue weighted by molar-refractivity contribution is 7.92. The highest BCUT2D eigenvalue weighted by Crippen LogP contribution is 2.24. The number of sulfonamides is 1. The van der Waals surface area contributed by atoms with Gasteiger partial charge in [-0.1, -0.05) is 0 Å². The Hall–Kier alpha value is -3.92. The van der Waals surface area contributed by atoms with E-state index in [0.717, 1.165) is 5.82 Å². The van der Waals surface area contributed by atoms with Gasteiger partial charge in [0.1, 0.15) is 17.3 Å². The SMILES string of the molecule is COc1ccc(S(=O)(=O)Nc2ccc(Oc3ccc(-n4ccnc4C)nn3)cc2)cc1. The van der Waals surface area contributed by atoms with Crippen molar-refractivity contribution in [2.45, 2.75) is 11.8 Å². The van der Waals surface area contributed by atoms with E-state index in [1.807, 2.05) is 6.92 Å². The van der Waals surface area contributed by atoms with Crippen molar-refractivity contribution in [2.75, 3.05) is 11.8 Å². The largest absolute Gasteiger partial charge is 0.497 e. The molecule has 2 aromatic heterocycles. The van der Waals surface area contributed by atoms with Crippen LogP contribution in [0.3, 0.4) is 0 Å². The second-order valence-corrected chi connectivity index (χ2v) is 8.16. The maximum absolute atomic E-state index is 12.5. The summed E-state index contributed by atoms with van der Waals surface area (Å²) in [5.41, 5.74) is 0.403. The molecular weight excluding hydrogens is 418 g/mol. The first-order valence-corrected chi connectivity index (χ1v) is 10.7. The Labute approximate surface area is 179 Å². The molecule has 10 heteroatoms. The van der Waals surface area contributed by atoms with Crippen LogP contribution in [0.5, 0.6) is 17.4 Å². The Bertz CT molecular complexity index is 1270. The molecule has 0 aliphatic carbocycles. The van der Waals surface area contributed by atoms with Crippen LogP contribution in [0.25, 0.3) is 5.82 Å². The number of hydrogen-bond acceptors (Lipinski definition) is 7. The summed E-state index contributed by atoms with van der Waals surface area (Å²) < 4.78 is 40.1. The van der Waals surface area contributed by atoms with Crippen molar-refractivity contribution in [1.29, 1.82) is 0 Å². The molecule has 0 aliphatic heterocycles. The fourth-order valence-electron chi connectivity index (χ4n) is 2.80. The van der Waals surface area contributed by atoms with E-state index in [9.17, 15) is 8.42 Å². The van der Waals surface area contributed by atoms with Gasteiger partial charge in [0, 0.05) is 24.1 Å². The number of ether oxygens (including phenoxy) is 2. The van der Waals surface area contributed by atoms with Crippen molar-refractivity contribution < 1.29 is 17.9 Å². The van der Waals surface area contributed by atoms with Gasteiger partial charge >= 0.3 is 0 Å². The smallest absolute Gasteiger partial charge is 0.261 e. The Morgan fingerprint density at radius 3 is 2.19 bits per heavy atom. The monoisotopic (exact) mass is 437 g/mol. The second-order valence-electron chi connectivity index (χ2n) is 6.48. The van der Waals surface area contributed by atoms with Crippen LogP contribution in [0, 0.1) is 6.92 Å². The second kappa shape index (κ2) is 8.44. The molecule has 2 aromatic carbocycles. The molecule has 0 spiro atoms. The summed E-state index contributed by atoms with van der Waals surface area (Å²) >= 11 is 0. The molecule has 0 unspecified atom stereocenters. The van der Waals surface area contributed by atoms with Crippen LogP contribution >= 0.6 is 0 Å². The number of hydrogen-bond donors (Lipinski definition) is 1. The molecule has 1 N–H and O–H groups in total. The molecule has 4 rings (SSSR count). The lowest BCUT2D eigenvalue weighted by atomic mass is 10.3. The first kappa shape index (κ1) is 20.4. The minimum absolute atomic E-state index is 0.136. The minimum atomic E-state index is -3.72. The predicted octanol–water partition coefficient (Wildman–Crippen LogP) is 3.57. The Kier molecular flexibility index (Phi) is 5.54. The van der Waals surface area contributed by atoms with Crippen molar-refractivity contribution in [3.8, 4) is 23.2 Å². The molecule has 0 aliphatic rings. The van der Waals surface area contributed by atoms with Gasteiger partial charge in [-0.15, -0.1) is 10.2 Å². The Balaban J connectivity index is 1.42. The lowest BCUT2D eigenvalue weighted by Gasteiger charge is -2.10. The van der Waals surface area contributed by atoms with E-state index in [0.29, 0.717) is 28.9 Å². The zero-order valence-electron chi connectivity index (χ0n) is 16.8. The van der Waals surface area contributed by atoms with Gasteiger partial charge in [0.05, 0.1) is 12.0 Å². The number of imidazole rings is 1. The zero-order chi connectivity index (χ0) is 21.8. The van der Waals surface area contributed by atoms with E-state index in [2.05, 4.69) is 19.9 Å². The lowest BCUT2D eigenvalue weighted by Crippen LogP contribution is -2.12. The van der Waals surface area contributed by atoms with Crippen molar-refractivity contribution in [2.24, 2.45) is 0 Å². The minimum Gasteiger partial charge on any atom is -0.497 e. The van der Waals surface area contributed by atoms with Crippen molar-refractivity contribution in [3.63, 3.8) is 0 Å². The van der Waals surface area contributed by atoms with Crippen LogP contribution in [-0.4, -0.2) is 35.3 Å². The van der Waals surface area contributed by atoms with Crippen LogP contribution in [-0.2, 0) is 10.0 Å². The van der Waals surface area contributed by atoms with Crippen LogP contribution in [0.1, 0.15) is 5.82 Å². The predicted molar refractivity (Wildman–Crippen MR) is 114 cm³/mol. The highest BCUT2D eigenvalue weighted by atomic mass is 32.2. The molecule has 0 atom stereocenters. The molecule has 158 valence electrons. The fourth-order valence-corrected chi connectivity index (χ4v) is 3.86. The molecule has 0 bridgehead atoms. The van der Waals surface area contributed by atoms with Gasteiger partial charge in [-0.05, 0) is 61.5 Å². The van der Waals surface area contributed by atoms with Crippen LogP contribution in [0.15, 0.2) is 78.0 Å². The zero-order valence-corrected chi connectivity index (χ0v) is 17.6. The van der Waals surface area contributed by atoms with E-state index in [1.165, 1.54) is 19.2 Å². The molecule has 31 heavy (non-hydrogen) atoms. The highest BCUT2D eigenvalue weighted by Gasteiger charge is 2.14. The Morgan fingerprint density at radius 2 is 1.61 bits per heavy atom. The number of aromatic nitrogens is 4. The van der Waals surface area contributed by atoms with Crippen molar-refractivity contribution >= 4 is 15.7 Å². The van der Waals surface area contributed by atoms with Gasteiger partial charge in [-0.2, -0.15) is 0 Å². The Morgan fingerprint density at radius 1 is 0.903 bits per heavy atom. The average molecular weight is 437 g/mol. The number of nitrogens with one attached hydrogen (secondary N) is 1. The van der Waals surface area contributed by atoms with Crippen molar-refractivity contribution in [1.82, 2.24) is 19.7 Å². The molecule has 0 saturated heterocycles. The number of methoxy groups -OCH3 is 1. The van der Waals surface area contributed by atoms with Gasteiger partial charge in [0.15, 0.2) is 5.82 Å². The third-order valence-corrected chi connectivity index (χ3v) is 5.79. The fraction of sp³-hybridized carbons (Fsp3) is 0.0952. The summed E-state index contributed by atoms with van der Waals surface area (Å²) in [5.74, 6) is 2.82. The molecule has 0 amide bonds. The number of aryl methyl sites for hydroxylation is 1. The maximum Gasteiger partial charge on any atom is 0.261 e. The van der Waals surface area contributed by atoms with E-state index < -0.39 is 10.0 Å². The van der Waals surface area contributed by atoms with Gasteiger partial charge in [0.25, 0.3) is 10.0 Å². The van der Waals surface area contributed by atoms with Gasteiger partial charge in [-0.3, -0.25) is 9.29 Å². The summed E-state index contributed by atoms with van der Waals surface area (Å²) in [4.78, 5) is 4.29. The van der Waals surface area contributed by atoms with Crippen LogP contribution in [0.2, 0.25) is 0 Å². The number of nitrogens with zero attached hydrogens (tertiary/aromatic N) is 4. The van der Waals surface area contributed by atoms with E-state index in [-0.39, 0.29) is 4.90 Å². The summed E-state index contributed by atoms with van der Waals surface area (Å²) in [6, 6.07) is 16.1. The van der Waals surface area contributed by atoms with E-state index in [1.54, 1.807) is 65.5 Å². The van der Waals surface area contributed by atoms with Crippen LogP contribution < -0.4 is 14.2 Å². The van der Waals surface area contributed by atoms with E-state index in [4.69, 9.17) is 9.47 Å². The standard InChI is InChI=1S/C21H19N5O4S/c1-15-22-13-14-26(15)20-11-12-21(24-23-20)30-18-5-3-16(4-6-18)25-31(27,28)19-9-7-17(29-2)8-10-19/h3-14,25H,1-2H3. The van der Waals surface area contributed by atoms with Gasteiger partial charge < -0.3 is 9.47 Å². The molecule has 2 heterocycles. The van der Waals surface area contributed by atoms with Crippen LogP contribution in [0.4, 0.5) is 5.69 Å².